The minimum absolute atomic E-state index is 0.560. The molecule has 0 radical (unpaired) electrons. The minimum Gasteiger partial charge on any atom is -0.480 e. The summed E-state index contributed by atoms with van der Waals surface area (Å²) in [5.41, 5.74) is -0.961. The van der Waals surface area contributed by atoms with E-state index in [1.165, 1.54) is 11.5 Å². The van der Waals surface area contributed by atoms with Crippen LogP contribution in [0.25, 0.3) is 0 Å². The van der Waals surface area contributed by atoms with Gasteiger partial charge in [0.25, 0.3) is 0 Å². The molecule has 0 bridgehead atoms. The average molecular weight is 197 g/mol. The topological polar surface area (TPSA) is 42.4 Å². The predicted molar refractivity (Wildman–Crippen MR) is 51.8 cm³/mol. The molecule has 4 heteroatoms. The van der Waals surface area contributed by atoms with Gasteiger partial charge in [0.15, 0.2) is 0 Å². The number of methoxy groups -OCH3 is 1. The monoisotopic (exact) mass is 197 g/mol. The number of nitrogens with zero attached hydrogens (tertiary/aromatic N) is 1. The van der Waals surface area contributed by atoms with E-state index in [0.717, 1.165) is 4.88 Å². The van der Waals surface area contributed by atoms with E-state index in [4.69, 9.17) is 4.74 Å². The smallest absolute Gasteiger partial charge is 0.226 e. The summed E-state index contributed by atoms with van der Waals surface area (Å²) in [5.74, 6) is 6.07. The van der Waals surface area contributed by atoms with E-state index in [2.05, 4.69) is 16.2 Å². The largest absolute Gasteiger partial charge is 0.480 e. The first-order chi connectivity index (χ1) is 6.01. The van der Waals surface area contributed by atoms with Crippen molar-refractivity contribution in [1.29, 1.82) is 0 Å². The lowest BCUT2D eigenvalue weighted by Crippen LogP contribution is -2.14. The van der Waals surface area contributed by atoms with Crippen LogP contribution in [-0.4, -0.2) is 22.2 Å². The lowest BCUT2D eigenvalue weighted by Gasteiger charge is -2.05. The molecule has 0 atom stereocenters. The highest BCUT2D eigenvalue weighted by atomic mass is 32.1. The average Bonchev–Trinajstić information content (AvgIpc) is 2.47. The first kappa shape index (κ1) is 10.0. The molecule has 0 saturated carbocycles. The van der Waals surface area contributed by atoms with Crippen molar-refractivity contribution in [3.8, 4) is 17.7 Å². The van der Waals surface area contributed by atoms with Crippen molar-refractivity contribution < 1.29 is 9.84 Å². The van der Waals surface area contributed by atoms with Crippen molar-refractivity contribution in [2.75, 3.05) is 7.11 Å². The van der Waals surface area contributed by atoms with E-state index in [0.29, 0.717) is 5.88 Å². The molecule has 3 nitrogen and oxygen atoms in total. The van der Waals surface area contributed by atoms with Gasteiger partial charge >= 0.3 is 0 Å². The van der Waals surface area contributed by atoms with Crippen LogP contribution in [0.4, 0.5) is 0 Å². The van der Waals surface area contributed by atoms with E-state index >= 15 is 0 Å². The fourth-order valence-corrected chi connectivity index (χ4v) is 1.19. The van der Waals surface area contributed by atoms with Gasteiger partial charge in [-0.05, 0) is 25.4 Å². The van der Waals surface area contributed by atoms with Gasteiger partial charge in [0, 0.05) is 6.07 Å². The summed E-state index contributed by atoms with van der Waals surface area (Å²) in [6.45, 7) is 3.27. The molecule has 0 amide bonds. The summed E-state index contributed by atoms with van der Waals surface area (Å²) in [4.78, 5) is 0.791. The Kier molecular flexibility index (Phi) is 2.91. The summed E-state index contributed by atoms with van der Waals surface area (Å²) < 4.78 is 8.87. The molecule has 0 aromatic carbocycles. The zero-order chi connectivity index (χ0) is 9.90. The van der Waals surface area contributed by atoms with Gasteiger partial charge < -0.3 is 9.84 Å². The molecule has 0 saturated heterocycles. The van der Waals surface area contributed by atoms with Gasteiger partial charge in [-0.2, -0.15) is 4.37 Å². The summed E-state index contributed by atoms with van der Waals surface area (Å²) in [7, 11) is 1.56. The van der Waals surface area contributed by atoms with E-state index in [1.807, 2.05) is 0 Å². The Morgan fingerprint density at radius 1 is 1.62 bits per heavy atom. The Labute approximate surface area is 81.5 Å². The number of aliphatic hydroxyl groups is 1. The zero-order valence-electron chi connectivity index (χ0n) is 7.79. The zero-order valence-corrected chi connectivity index (χ0v) is 8.60. The molecule has 0 fully saturated rings. The molecule has 0 unspecified atom stereocenters. The lowest BCUT2D eigenvalue weighted by atomic mass is 10.1. The third-order valence-electron chi connectivity index (χ3n) is 1.19. The van der Waals surface area contributed by atoms with Crippen molar-refractivity contribution in [3.05, 3.63) is 10.9 Å². The molecule has 0 aliphatic carbocycles. The van der Waals surface area contributed by atoms with Crippen LogP contribution in [0.1, 0.15) is 18.7 Å². The quantitative estimate of drug-likeness (QED) is 0.689. The number of aromatic nitrogens is 1. The fraction of sp³-hybridized carbons (Fsp3) is 0.444. The molecular weight excluding hydrogens is 186 g/mol. The molecule has 0 spiro atoms. The second kappa shape index (κ2) is 3.77. The minimum atomic E-state index is -0.961. The second-order valence-corrected chi connectivity index (χ2v) is 3.85. The first-order valence-corrected chi connectivity index (χ1v) is 4.55. The Hall–Kier alpha value is -1.05. The maximum absolute atomic E-state index is 9.32. The molecule has 13 heavy (non-hydrogen) atoms. The molecule has 1 heterocycles. The maximum Gasteiger partial charge on any atom is 0.226 e. The highest BCUT2D eigenvalue weighted by molar-refractivity contribution is 7.06. The third-order valence-corrected chi connectivity index (χ3v) is 1.88. The highest BCUT2D eigenvalue weighted by Gasteiger charge is 2.06. The molecule has 1 aromatic heterocycles. The standard InChI is InChI=1S/C9H11NO2S/c1-9(2,11)5-4-7-6-8(12-3)10-13-7/h6,11H,1-3H3. The van der Waals surface area contributed by atoms with Crippen molar-refractivity contribution in [2.24, 2.45) is 0 Å². The molecule has 0 aliphatic heterocycles. The molecular formula is C9H11NO2S. The van der Waals surface area contributed by atoms with Crippen LogP contribution in [-0.2, 0) is 0 Å². The van der Waals surface area contributed by atoms with E-state index < -0.39 is 5.60 Å². The van der Waals surface area contributed by atoms with Crippen molar-refractivity contribution in [3.63, 3.8) is 0 Å². The fourth-order valence-electron chi connectivity index (χ4n) is 0.629. The van der Waals surface area contributed by atoms with Crippen LogP contribution in [0.2, 0.25) is 0 Å². The third kappa shape index (κ3) is 3.45. The van der Waals surface area contributed by atoms with Crippen LogP contribution in [0.15, 0.2) is 6.07 Å². The number of ether oxygens (including phenoxy) is 1. The van der Waals surface area contributed by atoms with Gasteiger partial charge in [0.05, 0.1) is 7.11 Å². The molecule has 1 aromatic rings. The molecule has 0 aliphatic rings. The Bertz CT molecular complexity index is 340. The van der Waals surface area contributed by atoms with E-state index in [1.54, 1.807) is 27.0 Å². The van der Waals surface area contributed by atoms with Crippen LogP contribution < -0.4 is 4.74 Å². The van der Waals surface area contributed by atoms with E-state index in [9.17, 15) is 5.11 Å². The predicted octanol–water partition coefficient (Wildman–Crippen LogP) is 1.27. The highest BCUT2D eigenvalue weighted by Crippen LogP contribution is 2.14. The maximum atomic E-state index is 9.32. The van der Waals surface area contributed by atoms with Crippen LogP contribution in [0, 0.1) is 11.8 Å². The summed E-state index contributed by atoms with van der Waals surface area (Å²) in [6, 6.07) is 1.74. The van der Waals surface area contributed by atoms with Crippen molar-refractivity contribution in [1.82, 2.24) is 4.37 Å². The van der Waals surface area contributed by atoms with Crippen molar-refractivity contribution in [2.45, 2.75) is 19.4 Å². The normalized spacial score (nSPS) is 10.5. The molecule has 1 rings (SSSR count). The Balaban J connectivity index is 2.78. The summed E-state index contributed by atoms with van der Waals surface area (Å²) in [6.07, 6.45) is 0. The van der Waals surface area contributed by atoms with Gasteiger partial charge in [0.1, 0.15) is 10.5 Å². The molecule has 70 valence electrons. The SMILES string of the molecule is COc1cc(C#CC(C)(C)O)sn1. The van der Waals surface area contributed by atoms with Crippen LogP contribution in [0.3, 0.4) is 0 Å². The number of rotatable bonds is 1. The van der Waals surface area contributed by atoms with Gasteiger partial charge in [-0.1, -0.05) is 11.8 Å². The van der Waals surface area contributed by atoms with Gasteiger partial charge in [-0.25, -0.2) is 0 Å². The van der Waals surface area contributed by atoms with Gasteiger partial charge in [-0.15, -0.1) is 0 Å². The van der Waals surface area contributed by atoms with Gasteiger partial charge in [-0.3, -0.25) is 0 Å². The Morgan fingerprint density at radius 2 is 2.31 bits per heavy atom. The molecule has 1 N–H and O–H groups in total. The van der Waals surface area contributed by atoms with Gasteiger partial charge in [0.2, 0.25) is 5.88 Å². The van der Waals surface area contributed by atoms with E-state index in [-0.39, 0.29) is 0 Å². The Morgan fingerprint density at radius 3 is 2.77 bits per heavy atom. The van der Waals surface area contributed by atoms with Crippen LogP contribution in [0.5, 0.6) is 5.88 Å². The summed E-state index contributed by atoms with van der Waals surface area (Å²) >= 11 is 1.26. The number of hydrogen-bond acceptors (Lipinski definition) is 4. The van der Waals surface area contributed by atoms with Crippen LogP contribution >= 0.6 is 11.5 Å². The van der Waals surface area contributed by atoms with Crippen molar-refractivity contribution >= 4 is 11.5 Å². The summed E-state index contributed by atoms with van der Waals surface area (Å²) in [5, 5.41) is 9.32. The second-order valence-electron chi connectivity index (χ2n) is 3.04. The first-order valence-electron chi connectivity index (χ1n) is 3.77. The number of hydrogen-bond donors (Lipinski definition) is 1. The lowest BCUT2D eigenvalue weighted by molar-refractivity contribution is 0.143.